The van der Waals surface area contributed by atoms with Crippen LogP contribution in [0, 0.1) is 5.41 Å². The minimum Gasteiger partial charge on any atom is -0.313 e. The first-order valence-electron chi connectivity index (χ1n) is 8.40. The second-order valence-corrected chi connectivity index (χ2v) is 7.30. The molecule has 0 bridgehead atoms. The summed E-state index contributed by atoms with van der Waals surface area (Å²) < 4.78 is 0. The molecule has 3 nitrogen and oxygen atoms in total. The first-order chi connectivity index (χ1) is 9.26. The maximum Gasteiger partial charge on any atom is 0.0110 e. The molecule has 0 unspecified atom stereocenters. The van der Waals surface area contributed by atoms with Crippen LogP contribution < -0.4 is 5.32 Å². The molecule has 1 saturated heterocycles. The standard InChI is InChI=1S/C16H31N3/c1-18-9-11-19(12-10-18)14-16(7-3-2-4-8-16)13-17-15-5-6-15/h15,17H,2-14H2,1H3. The quantitative estimate of drug-likeness (QED) is 0.819. The zero-order valence-corrected chi connectivity index (χ0v) is 12.7. The van der Waals surface area contributed by atoms with Gasteiger partial charge in [0, 0.05) is 45.3 Å². The van der Waals surface area contributed by atoms with E-state index in [0.29, 0.717) is 5.41 Å². The van der Waals surface area contributed by atoms with Crippen molar-refractivity contribution in [1.82, 2.24) is 15.1 Å². The Balaban J connectivity index is 1.54. The SMILES string of the molecule is CN1CCN(CC2(CNC3CC3)CCCCC2)CC1. The number of hydrogen-bond donors (Lipinski definition) is 1. The minimum absolute atomic E-state index is 0.594. The Morgan fingerprint density at radius 3 is 2.32 bits per heavy atom. The molecule has 1 N–H and O–H groups in total. The van der Waals surface area contributed by atoms with Crippen molar-refractivity contribution >= 4 is 0 Å². The Bertz CT molecular complexity index is 274. The lowest BCUT2D eigenvalue weighted by molar-refractivity contribution is 0.0691. The van der Waals surface area contributed by atoms with E-state index in [9.17, 15) is 0 Å². The van der Waals surface area contributed by atoms with Gasteiger partial charge in [0.15, 0.2) is 0 Å². The number of rotatable bonds is 5. The summed E-state index contributed by atoms with van der Waals surface area (Å²) in [5.74, 6) is 0. The molecule has 0 aromatic heterocycles. The fourth-order valence-electron chi connectivity index (χ4n) is 3.82. The molecule has 0 aromatic rings. The van der Waals surface area contributed by atoms with Gasteiger partial charge in [-0.15, -0.1) is 0 Å². The van der Waals surface area contributed by atoms with E-state index in [4.69, 9.17) is 0 Å². The van der Waals surface area contributed by atoms with E-state index < -0.39 is 0 Å². The summed E-state index contributed by atoms with van der Waals surface area (Å²) in [6.07, 6.45) is 10.1. The highest BCUT2D eigenvalue weighted by Gasteiger charge is 2.36. The number of nitrogens with zero attached hydrogens (tertiary/aromatic N) is 2. The van der Waals surface area contributed by atoms with Crippen LogP contribution in [0.3, 0.4) is 0 Å². The van der Waals surface area contributed by atoms with Crippen molar-refractivity contribution in [3.8, 4) is 0 Å². The molecule has 1 heterocycles. The van der Waals surface area contributed by atoms with Gasteiger partial charge in [-0.2, -0.15) is 0 Å². The predicted octanol–water partition coefficient (Wildman–Crippen LogP) is 1.94. The summed E-state index contributed by atoms with van der Waals surface area (Å²) in [7, 11) is 2.25. The van der Waals surface area contributed by atoms with Crippen molar-refractivity contribution < 1.29 is 0 Å². The second kappa shape index (κ2) is 6.11. The first-order valence-corrected chi connectivity index (χ1v) is 8.40. The van der Waals surface area contributed by atoms with Gasteiger partial charge >= 0.3 is 0 Å². The van der Waals surface area contributed by atoms with Crippen molar-refractivity contribution in [2.75, 3.05) is 46.3 Å². The van der Waals surface area contributed by atoms with E-state index in [0.717, 1.165) is 6.04 Å². The number of nitrogens with one attached hydrogen (secondary N) is 1. The van der Waals surface area contributed by atoms with Crippen LogP contribution in [0.4, 0.5) is 0 Å². The van der Waals surface area contributed by atoms with Crippen LogP contribution in [0.15, 0.2) is 0 Å². The van der Waals surface area contributed by atoms with Crippen molar-refractivity contribution in [3.05, 3.63) is 0 Å². The van der Waals surface area contributed by atoms with Crippen molar-refractivity contribution in [1.29, 1.82) is 0 Å². The summed E-state index contributed by atoms with van der Waals surface area (Å²) in [5.41, 5.74) is 0.594. The molecule has 3 aliphatic rings. The fourth-order valence-corrected chi connectivity index (χ4v) is 3.82. The van der Waals surface area contributed by atoms with Gasteiger partial charge in [0.25, 0.3) is 0 Å². The van der Waals surface area contributed by atoms with Crippen LogP contribution in [-0.4, -0.2) is 62.2 Å². The zero-order chi connectivity index (χ0) is 13.1. The van der Waals surface area contributed by atoms with Gasteiger partial charge in [0.05, 0.1) is 0 Å². The Labute approximate surface area is 118 Å². The van der Waals surface area contributed by atoms with Crippen LogP contribution in [0.1, 0.15) is 44.9 Å². The highest BCUT2D eigenvalue weighted by molar-refractivity contribution is 4.92. The molecule has 110 valence electrons. The second-order valence-electron chi connectivity index (χ2n) is 7.30. The third-order valence-electron chi connectivity index (χ3n) is 5.41. The van der Waals surface area contributed by atoms with E-state index in [1.807, 2.05) is 0 Å². The summed E-state index contributed by atoms with van der Waals surface area (Å²) in [6.45, 7) is 7.70. The van der Waals surface area contributed by atoms with Gasteiger partial charge in [0.1, 0.15) is 0 Å². The van der Waals surface area contributed by atoms with Gasteiger partial charge in [0.2, 0.25) is 0 Å². The molecule has 2 aliphatic carbocycles. The lowest BCUT2D eigenvalue weighted by Crippen LogP contribution is -2.51. The lowest BCUT2D eigenvalue weighted by atomic mass is 9.73. The summed E-state index contributed by atoms with van der Waals surface area (Å²) in [6, 6.07) is 0.867. The number of piperazine rings is 1. The van der Waals surface area contributed by atoms with Crippen molar-refractivity contribution in [3.63, 3.8) is 0 Å². The molecule has 3 fully saturated rings. The fraction of sp³-hybridized carbons (Fsp3) is 1.00. The summed E-state index contributed by atoms with van der Waals surface area (Å²) in [4.78, 5) is 5.20. The molecular weight excluding hydrogens is 234 g/mol. The lowest BCUT2D eigenvalue weighted by Gasteiger charge is -2.43. The molecule has 0 atom stereocenters. The monoisotopic (exact) mass is 265 g/mol. The molecule has 3 heteroatoms. The molecule has 0 spiro atoms. The number of likely N-dealkylation sites (N-methyl/N-ethyl adjacent to an activating group) is 1. The Kier molecular flexibility index (Phi) is 4.45. The largest absolute Gasteiger partial charge is 0.313 e. The van der Waals surface area contributed by atoms with Gasteiger partial charge in [-0.1, -0.05) is 19.3 Å². The average molecular weight is 265 g/mol. The van der Waals surface area contributed by atoms with E-state index in [-0.39, 0.29) is 0 Å². The highest BCUT2D eigenvalue weighted by atomic mass is 15.2. The Morgan fingerprint density at radius 2 is 1.68 bits per heavy atom. The maximum absolute atomic E-state index is 3.83. The van der Waals surface area contributed by atoms with E-state index >= 15 is 0 Å². The van der Waals surface area contributed by atoms with Gasteiger partial charge in [-0.05, 0) is 38.1 Å². The van der Waals surface area contributed by atoms with E-state index in [2.05, 4.69) is 22.2 Å². The van der Waals surface area contributed by atoms with Gasteiger partial charge in [-0.25, -0.2) is 0 Å². The van der Waals surface area contributed by atoms with E-state index in [1.54, 1.807) is 0 Å². The molecule has 19 heavy (non-hydrogen) atoms. The Morgan fingerprint density at radius 1 is 1.00 bits per heavy atom. The van der Waals surface area contributed by atoms with Crippen molar-refractivity contribution in [2.45, 2.75) is 51.0 Å². The topological polar surface area (TPSA) is 18.5 Å². The molecule has 3 rings (SSSR count). The third kappa shape index (κ3) is 3.93. The predicted molar refractivity (Wildman–Crippen MR) is 80.5 cm³/mol. The zero-order valence-electron chi connectivity index (χ0n) is 12.7. The van der Waals surface area contributed by atoms with Gasteiger partial charge in [-0.3, -0.25) is 0 Å². The minimum atomic E-state index is 0.594. The van der Waals surface area contributed by atoms with Crippen LogP contribution in [0.25, 0.3) is 0 Å². The normalized spacial score (nSPS) is 29.5. The molecule has 2 saturated carbocycles. The highest BCUT2D eigenvalue weighted by Crippen LogP contribution is 2.37. The molecular formula is C16H31N3. The van der Waals surface area contributed by atoms with Crippen LogP contribution in [-0.2, 0) is 0 Å². The van der Waals surface area contributed by atoms with Crippen LogP contribution in [0.5, 0.6) is 0 Å². The third-order valence-corrected chi connectivity index (χ3v) is 5.41. The average Bonchev–Trinajstić information content (AvgIpc) is 3.25. The maximum atomic E-state index is 3.83. The summed E-state index contributed by atoms with van der Waals surface area (Å²) in [5, 5.41) is 3.83. The first kappa shape index (κ1) is 13.8. The molecule has 0 radical (unpaired) electrons. The van der Waals surface area contributed by atoms with E-state index in [1.165, 1.54) is 84.2 Å². The van der Waals surface area contributed by atoms with Gasteiger partial charge < -0.3 is 15.1 Å². The van der Waals surface area contributed by atoms with Crippen molar-refractivity contribution in [2.24, 2.45) is 5.41 Å². The molecule has 0 amide bonds. The smallest absolute Gasteiger partial charge is 0.0110 e. The van der Waals surface area contributed by atoms with Crippen LogP contribution in [0.2, 0.25) is 0 Å². The Hall–Kier alpha value is -0.120. The summed E-state index contributed by atoms with van der Waals surface area (Å²) >= 11 is 0. The molecule has 1 aliphatic heterocycles. The number of hydrogen-bond acceptors (Lipinski definition) is 3. The molecule has 0 aromatic carbocycles. The van der Waals surface area contributed by atoms with Crippen LogP contribution >= 0.6 is 0 Å².